The van der Waals surface area contributed by atoms with Gasteiger partial charge in [0.05, 0.1) is 18.6 Å². The highest BCUT2D eigenvalue weighted by Gasteiger charge is 2.19. The van der Waals surface area contributed by atoms with Gasteiger partial charge in [0.25, 0.3) is 0 Å². The largest absolute Gasteiger partial charge is 0.353 e. The predicted molar refractivity (Wildman–Crippen MR) is 106 cm³/mol. The second kappa shape index (κ2) is 12.9. The lowest BCUT2D eigenvalue weighted by Gasteiger charge is -2.25. The van der Waals surface area contributed by atoms with Gasteiger partial charge < -0.3 is 21.3 Å². The summed E-state index contributed by atoms with van der Waals surface area (Å²) in [7, 11) is 3.76. The number of likely N-dealkylation sites (N-methyl/N-ethyl adjacent to an activating group) is 1. The molecule has 0 aliphatic rings. The fourth-order valence-electron chi connectivity index (χ4n) is 2.14. The molecular weight excluding hydrogens is 382 g/mol. The van der Waals surface area contributed by atoms with Crippen molar-refractivity contribution in [2.24, 2.45) is 11.7 Å². The molecule has 0 heterocycles. The van der Waals surface area contributed by atoms with Crippen molar-refractivity contribution in [2.45, 2.75) is 25.9 Å². The molecule has 0 aliphatic carbocycles. The molecule has 26 heavy (non-hydrogen) atoms. The molecule has 0 spiro atoms. The summed E-state index contributed by atoms with van der Waals surface area (Å²) in [5, 5.41) is 5.30. The Kier molecular flexibility index (Phi) is 13.3. The molecule has 1 unspecified atom stereocenters. The standard InChI is InChI=1S/C17H27FN4O2.2ClH/c1-11(2)16(19)17(24)21-10-15(23)20-9-14(22(3)4)12-5-7-13(18)8-6-12;;/h5-8,11,14,16H,9-10,19H2,1-4H3,(H,20,23)(H,21,24);2*1H/t14?,16-;;/m0../s1. The Morgan fingerprint density at radius 2 is 1.65 bits per heavy atom. The summed E-state index contributed by atoms with van der Waals surface area (Å²) < 4.78 is 13.0. The van der Waals surface area contributed by atoms with E-state index < -0.39 is 6.04 Å². The van der Waals surface area contributed by atoms with Crippen LogP contribution in [0.2, 0.25) is 0 Å². The third-order valence-electron chi connectivity index (χ3n) is 3.81. The van der Waals surface area contributed by atoms with Crippen LogP contribution in [0.4, 0.5) is 4.39 Å². The molecule has 0 fully saturated rings. The molecule has 0 aromatic heterocycles. The van der Waals surface area contributed by atoms with Crippen LogP contribution in [-0.4, -0.2) is 49.9 Å². The molecule has 0 saturated heterocycles. The summed E-state index contributed by atoms with van der Waals surface area (Å²) in [6, 6.07) is 5.43. The number of nitrogens with two attached hydrogens (primary N) is 1. The maximum Gasteiger partial charge on any atom is 0.239 e. The Bertz CT molecular complexity index is 556. The molecule has 2 amide bonds. The number of hydrogen-bond acceptors (Lipinski definition) is 4. The first-order valence-corrected chi connectivity index (χ1v) is 7.94. The zero-order valence-electron chi connectivity index (χ0n) is 15.5. The van der Waals surface area contributed by atoms with Crippen LogP contribution in [0.15, 0.2) is 24.3 Å². The molecule has 0 saturated carbocycles. The zero-order valence-corrected chi connectivity index (χ0v) is 17.1. The molecule has 9 heteroatoms. The van der Waals surface area contributed by atoms with E-state index in [0.717, 1.165) is 5.56 Å². The number of rotatable bonds is 8. The number of nitrogens with zero attached hydrogens (tertiary/aromatic N) is 1. The van der Waals surface area contributed by atoms with E-state index in [0.29, 0.717) is 6.54 Å². The summed E-state index contributed by atoms with van der Waals surface area (Å²) in [4.78, 5) is 25.6. The SMILES string of the molecule is CC(C)[C@H](N)C(=O)NCC(=O)NCC(c1ccc(F)cc1)N(C)C.Cl.Cl. The number of carbonyl (C=O) groups excluding carboxylic acids is 2. The van der Waals surface area contributed by atoms with Crippen molar-refractivity contribution in [2.75, 3.05) is 27.2 Å². The molecule has 0 bridgehead atoms. The summed E-state index contributed by atoms with van der Waals surface area (Å²) in [6.45, 7) is 3.91. The average Bonchev–Trinajstić information content (AvgIpc) is 2.53. The van der Waals surface area contributed by atoms with E-state index in [9.17, 15) is 14.0 Å². The highest BCUT2D eigenvalue weighted by Crippen LogP contribution is 2.17. The molecule has 1 aromatic rings. The summed E-state index contributed by atoms with van der Waals surface area (Å²) in [5.41, 5.74) is 6.61. The van der Waals surface area contributed by atoms with Crippen LogP contribution >= 0.6 is 24.8 Å². The van der Waals surface area contributed by atoms with Gasteiger partial charge >= 0.3 is 0 Å². The second-order valence-electron chi connectivity index (χ2n) is 6.32. The highest BCUT2D eigenvalue weighted by molar-refractivity contribution is 5.87. The maximum absolute atomic E-state index is 13.0. The minimum Gasteiger partial charge on any atom is -0.353 e. The van der Waals surface area contributed by atoms with Gasteiger partial charge in [-0.2, -0.15) is 0 Å². The van der Waals surface area contributed by atoms with Gasteiger partial charge in [-0.3, -0.25) is 9.59 Å². The summed E-state index contributed by atoms with van der Waals surface area (Å²) in [5.74, 6) is -0.940. The van der Waals surface area contributed by atoms with Crippen LogP contribution in [-0.2, 0) is 9.59 Å². The third kappa shape index (κ3) is 8.80. The van der Waals surface area contributed by atoms with Gasteiger partial charge in [-0.15, -0.1) is 24.8 Å². The zero-order chi connectivity index (χ0) is 18.3. The Balaban J connectivity index is 0. The lowest BCUT2D eigenvalue weighted by Crippen LogP contribution is -2.47. The van der Waals surface area contributed by atoms with E-state index >= 15 is 0 Å². The number of carbonyl (C=O) groups is 2. The van der Waals surface area contributed by atoms with Crippen LogP contribution < -0.4 is 16.4 Å². The number of hydrogen-bond donors (Lipinski definition) is 3. The molecule has 4 N–H and O–H groups in total. The van der Waals surface area contributed by atoms with E-state index in [1.54, 1.807) is 12.1 Å². The fourth-order valence-corrected chi connectivity index (χ4v) is 2.14. The van der Waals surface area contributed by atoms with Crippen molar-refractivity contribution >= 4 is 36.6 Å². The Hall–Kier alpha value is -1.41. The molecule has 2 atom stereocenters. The number of nitrogens with one attached hydrogen (secondary N) is 2. The number of amides is 2. The molecule has 0 aliphatic heterocycles. The van der Waals surface area contributed by atoms with Crippen molar-refractivity contribution in [3.63, 3.8) is 0 Å². The monoisotopic (exact) mass is 410 g/mol. The first-order chi connectivity index (χ1) is 11.2. The van der Waals surface area contributed by atoms with Crippen LogP contribution in [0.25, 0.3) is 0 Å². The number of benzene rings is 1. The molecular formula is C17H29Cl2FN4O2. The van der Waals surface area contributed by atoms with Crippen molar-refractivity contribution in [3.05, 3.63) is 35.6 Å². The van der Waals surface area contributed by atoms with Gasteiger partial charge in [-0.1, -0.05) is 26.0 Å². The van der Waals surface area contributed by atoms with Crippen molar-refractivity contribution < 1.29 is 14.0 Å². The van der Waals surface area contributed by atoms with Crippen molar-refractivity contribution in [3.8, 4) is 0 Å². The van der Waals surface area contributed by atoms with Crippen LogP contribution in [0.1, 0.15) is 25.5 Å². The average molecular weight is 411 g/mol. The van der Waals surface area contributed by atoms with E-state index in [1.807, 2.05) is 32.8 Å². The normalized spacial score (nSPS) is 12.6. The molecule has 1 aromatic carbocycles. The molecule has 6 nitrogen and oxygen atoms in total. The van der Waals surface area contributed by atoms with Crippen LogP contribution in [0.3, 0.4) is 0 Å². The van der Waals surface area contributed by atoms with Gasteiger partial charge in [-0.05, 0) is 37.7 Å². The first-order valence-electron chi connectivity index (χ1n) is 7.94. The van der Waals surface area contributed by atoms with Gasteiger partial charge in [0.15, 0.2) is 0 Å². The maximum atomic E-state index is 13.0. The van der Waals surface area contributed by atoms with Crippen molar-refractivity contribution in [1.29, 1.82) is 0 Å². The minimum absolute atomic E-state index is 0. The topological polar surface area (TPSA) is 87.5 Å². The van der Waals surface area contributed by atoms with E-state index in [-0.39, 0.29) is 61.0 Å². The van der Waals surface area contributed by atoms with Crippen molar-refractivity contribution in [1.82, 2.24) is 15.5 Å². The molecule has 150 valence electrons. The minimum atomic E-state index is -0.633. The Morgan fingerprint density at radius 1 is 1.12 bits per heavy atom. The Labute approximate surface area is 166 Å². The molecule has 1 rings (SSSR count). The summed E-state index contributed by atoms with van der Waals surface area (Å²) >= 11 is 0. The first kappa shape index (κ1) is 26.8. The lowest BCUT2D eigenvalue weighted by molar-refractivity contribution is -0.127. The smallest absolute Gasteiger partial charge is 0.239 e. The third-order valence-corrected chi connectivity index (χ3v) is 3.81. The van der Waals surface area contributed by atoms with E-state index in [1.165, 1.54) is 12.1 Å². The van der Waals surface area contributed by atoms with Gasteiger partial charge in [0.2, 0.25) is 11.8 Å². The Morgan fingerprint density at radius 3 is 2.12 bits per heavy atom. The van der Waals surface area contributed by atoms with Crippen LogP contribution in [0.5, 0.6) is 0 Å². The number of halogens is 3. The fraction of sp³-hybridized carbons (Fsp3) is 0.529. The van der Waals surface area contributed by atoms with Crippen LogP contribution in [0, 0.1) is 11.7 Å². The summed E-state index contributed by atoms with van der Waals surface area (Å²) in [6.07, 6.45) is 0. The quantitative estimate of drug-likeness (QED) is 0.605. The van der Waals surface area contributed by atoms with Gasteiger partial charge in [0, 0.05) is 6.54 Å². The van der Waals surface area contributed by atoms with Gasteiger partial charge in [0.1, 0.15) is 5.82 Å². The highest BCUT2D eigenvalue weighted by atomic mass is 35.5. The second-order valence-corrected chi connectivity index (χ2v) is 6.32. The predicted octanol–water partition coefficient (Wildman–Crippen LogP) is 1.49. The van der Waals surface area contributed by atoms with Gasteiger partial charge in [-0.25, -0.2) is 4.39 Å². The van der Waals surface area contributed by atoms with E-state index in [4.69, 9.17) is 5.73 Å². The van der Waals surface area contributed by atoms with E-state index in [2.05, 4.69) is 10.6 Å². The lowest BCUT2D eigenvalue weighted by atomic mass is 10.1. The molecule has 0 radical (unpaired) electrons.